The van der Waals surface area contributed by atoms with Crippen LogP contribution in [-0.2, 0) is 7.05 Å². The van der Waals surface area contributed by atoms with E-state index < -0.39 is 0 Å². The third kappa shape index (κ3) is 3.53. The molecule has 23 heavy (non-hydrogen) atoms. The summed E-state index contributed by atoms with van der Waals surface area (Å²) < 4.78 is 17.5. The number of nitrogens with zero attached hydrogens (tertiary/aromatic N) is 2. The second-order valence-electron chi connectivity index (χ2n) is 4.95. The molecule has 1 heterocycles. The molecular formula is C17H20N2O4. The SMILES string of the molecule is COc1cc(OC)c(OC)cc1/C=C\C(=O)c1cn(C)nc1C. The van der Waals surface area contributed by atoms with Crippen LogP contribution in [0.25, 0.3) is 6.08 Å². The molecule has 0 aliphatic carbocycles. The highest BCUT2D eigenvalue weighted by molar-refractivity contribution is 6.07. The summed E-state index contributed by atoms with van der Waals surface area (Å²) >= 11 is 0. The number of hydrogen-bond donors (Lipinski definition) is 0. The quantitative estimate of drug-likeness (QED) is 0.605. The maximum absolute atomic E-state index is 12.3. The Kier molecular flexibility index (Phi) is 5.05. The van der Waals surface area contributed by atoms with Crippen LogP contribution in [0, 0.1) is 6.92 Å². The first-order chi connectivity index (χ1) is 11.0. The van der Waals surface area contributed by atoms with E-state index in [2.05, 4.69) is 5.10 Å². The lowest BCUT2D eigenvalue weighted by Crippen LogP contribution is -1.96. The molecule has 0 aliphatic rings. The molecule has 2 rings (SSSR count). The van der Waals surface area contributed by atoms with Gasteiger partial charge in [-0.15, -0.1) is 0 Å². The molecule has 0 amide bonds. The van der Waals surface area contributed by atoms with E-state index in [-0.39, 0.29) is 5.78 Å². The molecule has 1 aromatic carbocycles. The minimum Gasteiger partial charge on any atom is -0.496 e. The van der Waals surface area contributed by atoms with E-state index in [0.717, 1.165) is 5.56 Å². The normalized spacial score (nSPS) is 10.8. The van der Waals surface area contributed by atoms with Gasteiger partial charge in [-0.25, -0.2) is 0 Å². The van der Waals surface area contributed by atoms with Crippen molar-refractivity contribution in [3.63, 3.8) is 0 Å². The molecule has 0 fully saturated rings. The van der Waals surface area contributed by atoms with Crippen LogP contribution in [0.1, 0.15) is 21.6 Å². The number of aromatic nitrogens is 2. The van der Waals surface area contributed by atoms with Crippen molar-refractivity contribution in [2.45, 2.75) is 6.92 Å². The average Bonchev–Trinajstić information content (AvgIpc) is 2.90. The lowest BCUT2D eigenvalue weighted by molar-refractivity contribution is 0.104. The standard InChI is InChI=1S/C17H20N2O4/c1-11-13(10-19(2)18-11)14(20)7-6-12-8-16(22-4)17(23-5)9-15(12)21-3/h6-10H,1-5H3/b7-6-. The first-order valence-electron chi connectivity index (χ1n) is 7.02. The zero-order valence-corrected chi connectivity index (χ0v) is 13.9. The van der Waals surface area contributed by atoms with Crippen LogP contribution in [0.2, 0.25) is 0 Å². The Balaban J connectivity index is 2.34. The van der Waals surface area contributed by atoms with Crippen LogP contribution >= 0.6 is 0 Å². The smallest absolute Gasteiger partial charge is 0.189 e. The molecule has 0 aliphatic heterocycles. The zero-order chi connectivity index (χ0) is 17.0. The van der Waals surface area contributed by atoms with Gasteiger partial charge in [0.05, 0.1) is 32.6 Å². The molecule has 0 saturated carbocycles. The number of carbonyl (C=O) groups excluding carboxylic acids is 1. The van der Waals surface area contributed by atoms with Crippen LogP contribution in [-0.4, -0.2) is 36.9 Å². The van der Waals surface area contributed by atoms with Crippen molar-refractivity contribution in [2.75, 3.05) is 21.3 Å². The van der Waals surface area contributed by atoms with E-state index in [1.807, 2.05) is 0 Å². The fourth-order valence-corrected chi connectivity index (χ4v) is 2.28. The summed E-state index contributed by atoms with van der Waals surface area (Å²) in [5, 5.41) is 4.17. The van der Waals surface area contributed by atoms with Crippen LogP contribution in [0.15, 0.2) is 24.4 Å². The molecule has 0 bridgehead atoms. The molecule has 2 aromatic rings. The lowest BCUT2D eigenvalue weighted by Gasteiger charge is -2.12. The fraction of sp³-hybridized carbons (Fsp3) is 0.294. The van der Waals surface area contributed by atoms with E-state index >= 15 is 0 Å². The number of hydrogen-bond acceptors (Lipinski definition) is 5. The first kappa shape index (κ1) is 16.6. The van der Waals surface area contributed by atoms with E-state index in [4.69, 9.17) is 14.2 Å². The minimum absolute atomic E-state index is 0.118. The largest absolute Gasteiger partial charge is 0.496 e. The van der Waals surface area contributed by atoms with Crippen molar-refractivity contribution >= 4 is 11.9 Å². The summed E-state index contributed by atoms with van der Waals surface area (Å²) in [5.41, 5.74) is 1.99. The number of ether oxygens (including phenoxy) is 3. The van der Waals surface area contributed by atoms with Crippen molar-refractivity contribution in [1.29, 1.82) is 0 Å². The number of methoxy groups -OCH3 is 3. The van der Waals surface area contributed by atoms with Gasteiger partial charge in [-0.3, -0.25) is 9.48 Å². The molecular weight excluding hydrogens is 296 g/mol. The van der Waals surface area contributed by atoms with Crippen molar-refractivity contribution in [3.8, 4) is 17.2 Å². The topological polar surface area (TPSA) is 62.6 Å². The van der Waals surface area contributed by atoms with Crippen molar-refractivity contribution < 1.29 is 19.0 Å². The summed E-state index contributed by atoms with van der Waals surface area (Å²) in [4.78, 5) is 12.3. The van der Waals surface area contributed by atoms with Gasteiger partial charge in [-0.2, -0.15) is 5.10 Å². The third-order valence-corrected chi connectivity index (χ3v) is 3.43. The number of benzene rings is 1. The van der Waals surface area contributed by atoms with Crippen molar-refractivity contribution in [2.24, 2.45) is 7.05 Å². The van der Waals surface area contributed by atoms with E-state index in [0.29, 0.717) is 28.5 Å². The highest BCUT2D eigenvalue weighted by Crippen LogP contribution is 2.35. The predicted octanol–water partition coefficient (Wildman–Crippen LogP) is 2.65. The van der Waals surface area contributed by atoms with Gasteiger partial charge in [-0.1, -0.05) is 0 Å². The average molecular weight is 316 g/mol. The number of aryl methyl sites for hydroxylation is 2. The Morgan fingerprint density at radius 3 is 2.22 bits per heavy atom. The summed E-state index contributed by atoms with van der Waals surface area (Å²) in [7, 11) is 6.46. The molecule has 1 aromatic heterocycles. The van der Waals surface area contributed by atoms with E-state index in [1.54, 1.807) is 64.4 Å². The third-order valence-electron chi connectivity index (χ3n) is 3.43. The van der Waals surface area contributed by atoms with Gasteiger partial charge < -0.3 is 14.2 Å². The molecule has 0 spiro atoms. The van der Waals surface area contributed by atoms with Gasteiger partial charge in [0.15, 0.2) is 17.3 Å². The lowest BCUT2D eigenvalue weighted by atomic mass is 10.1. The van der Waals surface area contributed by atoms with Crippen LogP contribution in [0.4, 0.5) is 0 Å². The highest BCUT2D eigenvalue weighted by atomic mass is 16.5. The van der Waals surface area contributed by atoms with Gasteiger partial charge in [0.2, 0.25) is 0 Å². The van der Waals surface area contributed by atoms with E-state index in [9.17, 15) is 4.79 Å². The Labute approximate surface area is 135 Å². The molecule has 0 saturated heterocycles. The summed E-state index contributed by atoms with van der Waals surface area (Å²) in [6.45, 7) is 1.80. The Bertz CT molecular complexity index is 747. The molecule has 0 radical (unpaired) electrons. The monoisotopic (exact) mass is 316 g/mol. The molecule has 0 atom stereocenters. The molecule has 122 valence electrons. The first-order valence-corrected chi connectivity index (χ1v) is 7.02. The zero-order valence-electron chi connectivity index (χ0n) is 13.9. The van der Waals surface area contributed by atoms with E-state index in [1.165, 1.54) is 6.08 Å². The number of allylic oxidation sites excluding steroid dienone is 1. The molecule has 0 N–H and O–H groups in total. The number of carbonyl (C=O) groups is 1. The maximum Gasteiger partial charge on any atom is 0.189 e. The minimum atomic E-state index is -0.118. The Morgan fingerprint density at radius 2 is 1.70 bits per heavy atom. The van der Waals surface area contributed by atoms with Gasteiger partial charge in [0.25, 0.3) is 0 Å². The van der Waals surface area contributed by atoms with Gasteiger partial charge in [0.1, 0.15) is 5.75 Å². The van der Waals surface area contributed by atoms with Crippen LogP contribution in [0.5, 0.6) is 17.2 Å². The van der Waals surface area contributed by atoms with Crippen molar-refractivity contribution in [3.05, 3.63) is 41.2 Å². The maximum atomic E-state index is 12.3. The number of ketones is 1. The molecule has 6 heteroatoms. The second kappa shape index (κ2) is 7.00. The molecule has 6 nitrogen and oxygen atoms in total. The summed E-state index contributed by atoms with van der Waals surface area (Å²) in [5.74, 6) is 1.61. The summed E-state index contributed by atoms with van der Waals surface area (Å²) in [6.07, 6.45) is 4.89. The second-order valence-corrected chi connectivity index (χ2v) is 4.95. The highest BCUT2D eigenvalue weighted by Gasteiger charge is 2.12. The van der Waals surface area contributed by atoms with Gasteiger partial charge >= 0.3 is 0 Å². The van der Waals surface area contributed by atoms with Crippen LogP contribution < -0.4 is 14.2 Å². The molecule has 0 unspecified atom stereocenters. The van der Waals surface area contributed by atoms with Gasteiger partial charge in [0, 0.05) is 24.9 Å². The van der Waals surface area contributed by atoms with Crippen molar-refractivity contribution in [1.82, 2.24) is 9.78 Å². The fourth-order valence-electron chi connectivity index (χ4n) is 2.28. The summed E-state index contributed by atoms with van der Waals surface area (Å²) in [6, 6.07) is 3.48. The van der Waals surface area contributed by atoms with Gasteiger partial charge in [-0.05, 0) is 25.1 Å². The Morgan fingerprint density at radius 1 is 1.09 bits per heavy atom. The Hall–Kier alpha value is -2.76. The van der Waals surface area contributed by atoms with Crippen LogP contribution in [0.3, 0.4) is 0 Å². The predicted molar refractivity (Wildman–Crippen MR) is 87.4 cm³/mol. The number of rotatable bonds is 6.